The van der Waals surface area contributed by atoms with Gasteiger partial charge in [-0.2, -0.15) is 0 Å². The number of benzene rings is 1. The van der Waals surface area contributed by atoms with Crippen molar-refractivity contribution < 1.29 is 13.9 Å². The van der Waals surface area contributed by atoms with Gasteiger partial charge in [0.2, 0.25) is 5.91 Å². The van der Waals surface area contributed by atoms with Gasteiger partial charge in [-0.25, -0.2) is 4.39 Å². The SMILES string of the molecule is COCCCn1cnnc1SC(C)C(=O)Nc1ccc(Br)cc1F. The molecule has 6 nitrogen and oxygen atoms in total. The molecule has 2 aromatic rings. The van der Waals surface area contributed by atoms with Gasteiger partial charge in [-0.05, 0) is 31.5 Å². The molecule has 0 aliphatic heterocycles. The van der Waals surface area contributed by atoms with E-state index in [1.54, 1.807) is 26.4 Å². The van der Waals surface area contributed by atoms with Crippen LogP contribution < -0.4 is 5.32 Å². The summed E-state index contributed by atoms with van der Waals surface area (Å²) in [6.45, 7) is 3.09. The number of anilines is 1. The van der Waals surface area contributed by atoms with E-state index in [0.29, 0.717) is 22.8 Å². The maximum absolute atomic E-state index is 13.8. The lowest BCUT2D eigenvalue weighted by atomic mass is 10.3. The van der Waals surface area contributed by atoms with Gasteiger partial charge in [0.25, 0.3) is 0 Å². The Labute approximate surface area is 152 Å². The third-order valence-corrected chi connectivity index (χ3v) is 4.76. The second-order valence-electron chi connectivity index (χ2n) is 5.03. The molecule has 1 heterocycles. The first-order valence-corrected chi connectivity index (χ1v) is 8.98. The number of thioether (sulfide) groups is 1. The quantitative estimate of drug-likeness (QED) is 0.527. The second-order valence-corrected chi connectivity index (χ2v) is 7.25. The van der Waals surface area contributed by atoms with E-state index in [1.807, 2.05) is 4.57 Å². The van der Waals surface area contributed by atoms with Gasteiger partial charge in [0.05, 0.1) is 10.9 Å². The van der Waals surface area contributed by atoms with Crippen LogP contribution in [-0.2, 0) is 16.1 Å². The smallest absolute Gasteiger partial charge is 0.237 e. The summed E-state index contributed by atoms with van der Waals surface area (Å²) in [4.78, 5) is 12.3. The van der Waals surface area contributed by atoms with Crippen LogP contribution in [-0.4, -0.2) is 39.6 Å². The number of ether oxygens (including phenoxy) is 1. The first kappa shape index (κ1) is 18.9. The van der Waals surface area contributed by atoms with Crippen LogP contribution >= 0.6 is 27.7 Å². The molecule has 9 heteroatoms. The van der Waals surface area contributed by atoms with E-state index < -0.39 is 11.1 Å². The summed E-state index contributed by atoms with van der Waals surface area (Å²) in [7, 11) is 1.65. The average molecular weight is 417 g/mol. The zero-order valence-electron chi connectivity index (χ0n) is 13.3. The highest BCUT2D eigenvalue weighted by atomic mass is 79.9. The first-order valence-electron chi connectivity index (χ1n) is 7.30. The summed E-state index contributed by atoms with van der Waals surface area (Å²) in [6.07, 6.45) is 2.45. The van der Waals surface area contributed by atoms with Crippen molar-refractivity contribution in [3.8, 4) is 0 Å². The van der Waals surface area contributed by atoms with Crippen LogP contribution in [0.3, 0.4) is 0 Å². The number of rotatable bonds is 8. The van der Waals surface area contributed by atoms with E-state index in [9.17, 15) is 9.18 Å². The molecular weight excluding hydrogens is 399 g/mol. The molecule has 0 fully saturated rings. The minimum atomic E-state index is -0.488. The Hall–Kier alpha value is -1.45. The number of amides is 1. The van der Waals surface area contributed by atoms with Crippen LogP contribution in [0, 0.1) is 5.82 Å². The third-order valence-electron chi connectivity index (χ3n) is 3.17. The standard InChI is InChI=1S/C15H18BrFN4O2S/c1-10(14(22)19-13-5-4-11(16)8-12(13)17)24-15-20-18-9-21(15)6-3-7-23-2/h4-5,8-10H,3,6-7H2,1-2H3,(H,19,22). The zero-order valence-corrected chi connectivity index (χ0v) is 15.7. The summed E-state index contributed by atoms with van der Waals surface area (Å²) in [6, 6.07) is 4.49. The summed E-state index contributed by atoms with van der Waals surface area (Å²) in [5.74, 6) is -0.787. The Morgan fingerprint density at radius 2 is 2.33 bits per heavy atom. The fourth-order valence-corrected chi connectivity index (χ4v) is 3.09. The number of hydrogen-bond donors (Lipinski definition) is 1. The van der Waals surface area contributed by atoms with E-state index in [-0.39, 0.29) is 11.6 Å². The number of hydrogen-bond acceptors (Lipinski definition) is 5. The maximum atomic E-state index is 13.8. The molecule has 0 saturated heterocycles. The van der Waals surface area contributed by atoms with Crippen molar-refractivity contribution in [2.24, 2.45) is 0 Å². The Morgan fingerprint density at radius 3 is 3.04 bits per heavy atom. The molecule has 0 spiro atoms. The summed E-state index contributed by atoms with van der Waals surface area (Å²) >= 11 is 4.46. The fourth-order valence-electron chi connectivity index (χ4n) is 1.91. The van der Waals surface area contributed by atoms with Crippen molar-refractivity contribution in [2.75, 3.05) is 19.0 Å². The van der Waals surface area contributed by atoms with Crippen molar-refractivity contribution in [2.45, 2.75) is 30.3 Å². The molecule has 0 aliphatic rings. The highest BCUT2D eigenvalue weighted by Gasteiger charge is 2.19. The van der Waals surface area contributed by atoms with Crippen LogP contribution in [0.2, 0.25) is 0 Å². The van der Waals surface area contributed by atoms with E-state index in [1.165, 1.54) is 23.9 Å². The number of aromatic nitrogens is 3. The Morgan fingerprint density at radius 1 is 1.54 bits per heavy atom. The minimum Gasteiger partial charge on any atom is -0.385 e. The van der Waals surface area contributed by atoms with Gasteiger partial charge in [-0.15, -0.1) is 10.2 Å². The summed E-state index contributed by atoms with van der Waals surface area (Å²) in [5.41, 5.74) is 0.150. The Balaban J connectivity index is 1.95. The molecule has 0 bridgehead atoms. The number of carbonyl (C=O) groups excluding carboxylic acids is 1. The van der Waals surface area contributed by atoms with Crippen LogP contribution in [0.4, 0.5) is 10.1 Å². The lowest BCUT2D eigenvalue weighted by Gasteiger charge is -2.13. The second kappa shape index (κ2) is 9.14. The molecule has 1 aromatic carbocycles. The topological polar surface area (TPSA) is 69.0 Å². The molecule has 2 rings (SSSR count). The minimum absolute atomic E-state index is 0.150. The molecule has 130 valence electrons. The molecular formula is C15H18BrFN4O2S. The van der Waals surface area contributed by atoms with Gasteiger partial charge in [0.15, 0.2) is 5.16 Å². The lowest BCUT2D eigenvalue weighted by molar-refractivity contribution is -0.115. The summed E-state index contributed by atoms with van der Waals surface area (Å²) in [5, 5.41) is 10.7. The predicted molar refractivity (Wildman–Crippen MR) is 94.6 cm³/mol. The van der Waals surface area contributed by atoms with Gasteiger partial charge in [0.1, 0.15) is 12.1 Å². The highest BCUT2D eigenvalue weighted by Crippen LogP contribution is 2.24. The van der Waals surface area contributed by atoms with Crippen molar-refractivity contribution in [1.82, 2.24) is 14.8 Å². The van der Waals surface area contributed by atoms with Crippen LogP contribution in [0.1, 0.15) is 13.3 Å². The number of aryl methyl sites for hydroxylation is 1. The monoisotopic (exact) mass is 416 g/mol. The van der Waals surface area contributed by atoms with Gasteiger partial charge in [0, 0.05) is 24.7 Å². The molecule has 0 aliphatic carbocycles. The normalized spacial score (nSPS) is 12.2. The average Bonchev–Trinajstić information content (AvgIpc) is 2.97. The van der Waals surface area contributed by atoms with Crippen molar-refractivity contribution >= 4 is 39.3 Å². The Kier molecular flexibility index (Phi) is 7.19. The number of nitrogens with one attached hydrogen (secondary N) is 1. The lowest BCUT2D eigenvalue weighted by Crippen LogP contribution is -2.23. The molecule has 1 atom stereocenters. The molecule has 1 amide bonds. The predicted octanol–water partition coefficient (Wildman–Crippen LogP) is 3.34. The summed E-state index contributed by atoms with van der Waals surface area (Å²) < 4.78 is 21.3. The van der Waals surface area contributed by atoms with Crippen LogP contribution in [0.15, 0.2) is 34.2 Å². The number of methoxy groups -OCH3 is 1. The van der Waals surface area contributed by atoms with Crippen LogP contribution in [0.25, 0.3) is 0 Å². The zero-order chi connectivity index (χ0) is 17.5. The van der Waals surface area contributed by atoms with Gasteiger partial charge in [-0.3, -0.25) is 4.79 Å². The largest absolute Gasteiger partial charge is 0.385 e. The molecule has 1 N–H and O–H groups in total. The highest BCUT2D eigenvalue weighted by molar-refractivity contribution is 9.10. The molecule has 24 heavy (non-hydrogen) atoms. The number of halogens is 2. The number of nitrogens with zero attached hydrogens (tertiary/aromatic N) is 3. The molecule has 0 radical (unpaired) electrons. The van der Waals surface area contributed by atoms with E-state index in [2.05, 4.69) is 31.4 Å². The third kappa shape index (κ3) is 5.29. The van der Waals surface area contributed by atoms with Gasteiger partial charge in [-0.1, -0.05) is 27.7 Å². The first-order chi connectivity index (χ1) is 11.5. The van der Waals surface area contributed by atoms with Crippen molar-refractivity contribution in [3.05, 3.63) is 34.8 Å². The van der Waals surface area contributed by atoms with Gasteiger partial charge < -0.3 is 14.6 Å². The van der Waals surface area contributed by atoms with Crippen LogP contribution in [0.5, 0.6) is 0 Å². The number of carbonyl (C=O) groups is 1. The van der Waals surface area contributed by atoms with E-state index in [0.717, 1.165) is 6.42 Å². The van der Waals surface area contributed by atoms with E-state index >= 15 is 0 Å². The maximum Gasteiger partial charge on any atom is 0.237 e. The molecule has 1 unspecified atom stereocenters. The van der Waals surface area contributed by atoms with E-state index in [4.69, 9.17) is 4.74 Å². The van der Waals surface area contributed by atoms with Crippen molar-refractivity contribution in [1.29, 1.82) is 0 Å². The Bertz CT molecular complexity index is 698. The molecule has 0 saturated carbocycles. The van der Waals surface area contributed by atoms with Crippen molar-refractivity contribution in [3.63, 3.8) is 0 Å². The molecule has 1 aromatic heterocycles. The fraction of sp³-hybridized carbons (Fsp3) is 0.400. The van der Waals surface area contributed by atoms with Gasteiger partial charge >= 0.3 is 0 Å².